The molecule has 3 aromatic rings. The van der Waals surface area contributed by atoms with E-state index in [0.717, 1.165) is 18.8 Å². The van der Waals surface area contributed by atoms with Gasteiger partial charge in [-0.3, -0.25) is 10.1 Å². The van der Waals surface area contributed by atoms with Gasteiger partial charge in [0.25, 0.3) is 5.69 Å². The van der Waals surface area contributed by atoms with Gasteiger partial charge < -0.3 is 20.1 Å². The van der Waals surface area contributed by atoms with Crippen molar-refractivity contribution in [1.29, 1.82) is 0 Å². The van der Waals surface area contributed by atoms with Crippen LogP contribution in [0.5, 0.6) is 11.5 Å². The number of phenolic OH excluding ortho intramolecular Hbond substituents is 1. The SMILES string of the molecule is CCN(CC)c1cc(O)ccc1N=Nc1ccc(Nc2cc(Cl)ccc2[N+](=O)[O-])cc1OC. The number of methoxy groups -OCH3 is 1. The van der Waals surface area contributed by atoms with E-state index in [4.69, 9.17) is 16.3 Å². The van der Waals surface area contributed by atoms with Crippen LogP contribution in [0.1, 0.15) is 13.8 Å². The van der Waals surface area contributed by atoms with Crippen LogP contribution in [0.15, 0.2) is 64.8 Å². The third kappa shape index (κ3) is 5.69. The molecule has 0 fully saturated rings. The Morgan fingerprint density at radius 2 is 1.76 bits per heavy atom. The number of rotatable bonds is 9. The zero-order valence-corrected chi connectivity index (χ0v) is 19.2. The first-order valence-electron chi connectivity index (χ1n) is 10.2. The number of azo groups is 1. The van der Waals surface area contributed by atoms with E-state index in [9.17, 15) is 15.2 Å². The average molecular weight is 470 g/mol. The normalized spacial score (nSPS) is 10.9. The lowest BCUT2D eigenvalue weighted by Crippen LogP contribution is -2.21. The molecule has 3 aromatic carbocycles. The predicted octanol–water partition coefficient (Wildman–Crippen LogP) is 6.97. The minimum Gasteiger partial charge on any atom is -0.508 e. The molecule has 0 amide bonds. The summed E-state index contributed by atoms with van der Waals surface area (Å²) in [5.41, 5.74) is 2.58. The Labute approximate surface area is 196 Å². The highest BCUT2D eigenvalue weighted by Gasteiger charge is 2.15. The van der Waals surface area contributed by atoms with Crippen molar-refractivity contribution in [2.24, 2.45) is 10.2 Å². The standard InChI is InChI=1S/C23H24ClN5O4/c1-4-28(5-2)22-14-17(30)8-10-18(22)26-27-19-9-7-16(13-23(19)33-3)25-20-12-15(24)6-11-21(20)29(31)32/h6-14,25,30H,4-5H2,1-3H3. The smallest absolute Gasteiger partial charge is 0.292 e. The Balaban J connectivity index is 1.91. The maximum absolute atomic E-state index is 11.3. The number of hydrogen-bond donors (Lipinski definition) is 2. The summed E-state index contributed by atoms with van der Waals surface area (Å²) < 4.78 is 5.45. The Morgan fingerprint density at radius 3 is 2.42 bits per heavy atom. The van der Waals surface area contributed by atoms with Crippen molar-refractivity contribution in [1.82, 2.24) is 0 Å². The number of halogens is 1. The van der Waals surface area contributed by atoms with Crippen LogP contribution < -0.4 is 15.0 Å². The highest BCUT2D eigenvalue weighted by Crippen LogP contribution is 2.37. The second-order valence-corrected chi connectivity index (χ2v) is 7.41. The minimum absolute atomic E-state index is 0.0987. The van der Waals surface area contributed by atoms with Gasteiger partial charge in [-0.2, -0.15) is 0 Å². The molecule has 33 heavy (non-hydrogen) atoms. The van der Waals surface area contributed by atoms with Gasteiger partial charge in [-0.25, -0.2) is 0 Å². The fourth-order valence-electron chi connectivity index (χ4n) is 3.28. The average Bonchev–Trinajstić information content (AvgIpc) is 2.79. The summed E-state index contributed by atoms with van der Waals surface area (Å²) in [5, 5.41) is 33.3. The maximum Gasteiger partial charge on any atom is 0.292 e. The molecule has 2 N–H and O–H groups in total. The van der Waals surface area contributed by atoms with Crippen molar-refractivity contribution in [3.05, 3.63) is 69.7 Å². The number of nitro groups is 1. The first-order chi connectivity index (χ1) is 15.9. The highest BCUT2D eigenvalue weighted by atomic mass is 35.5. The molecule has 0 spiro atoms. The summed E-state index contributed by atoms with van der Waals surface area (Å²) in [7, 11) is 1.50. The number of ether oxygens (including phenoxy) is 1. The third-order valence-corrected chi connectivity index (χ3v) is 5.18. The van der Waals surface area contributed by atoms with Crippen LogP contribution >= 0.6 is 11.6 Å². The summed E-state index contributed by atoms with van der Waals surface area (Å²) in [6.07, 6.45) is 0. The van der Waals surface area contributed by atoms with Crippen molar-refractivity contribution in [3.63, 3.8) is 0 Å². The van der Waals surface area contributed by atoms with E-state index in [1.54, 1.807) is 36.4 Å². The Bertz CT molecular complexity index is 1180. The zero-order chi connectivity index (χ0) is 24.0. The van der Waals surface area contributed by atoms with Gasteiger partial charge in [-0.15, -0.1) is 10.2 Å². The van der Waals surface area contributed by atoms with E-state index in [-0.39, 0.29) is 17.1 Å². The second-order valence-electron chi connectivity index (χ2n) is 6.98. The molecule has 10 heteroatoms. The molecule has 172 valence electrons. The molecule has 0 bridgehead atoms. The second kappa shape index (κ2) is 10.6. The largest absolute Gasteiger partial charge is 0.508 e. The van der Waals surface area contributed by atoms with Crippen LogP contribution in [-0.4, -0.2) is 30.2 Å². The topological polar surface area (TPSA) is 113 Å². The van der Waals surface area contributed by atoms with Crippen LogP contribution in [0.25, 0.3) is 0 Å². The minimum atomic E-state index is -0.483. The number of phenols is 1. The molecular formula is C23H24ClN5O4. The van der Waals surface area contributed by atoms with Crippen molar-refractivity contribution < 1.29 is 14.8 Å². The van der Waals surface area contributed by atoms with Gasteiger partial charge in [-0.1, -0.05) is 11.6 Å². The van der Waals surface area contributed by atoms with Gasteiger partial charge in [0.1, 0.15) is 28.6 Å². The van der Waals surface area contributed by atoms with E-state index in [0.29, 0.717) is 27.8 Å². The molecule has 0 aliphatic heterocycles. The predicted molar refractivity (Wildman–Crippen MR) is 130 cm³/mol. The molecule has 3 rings (SSSR count). The molecule has 0 aromatic heterocycles. The Kier molecular flexibility index (Phi) is 7.68. The Hall–Kier alpha value is -3.85. The highest BCUT2D eigenvalue weighted by molar-refractivity contribution is 6.31. The number of nitrogens with one attached hydrogen (secondary N) is 1. The molecule has 9 nitrogen and oxygen atoms in total. The van der Waals surface area contributed by atoms with Crippen LogP contribution in [-0.2, 0) is 0 Å². The van der Waals surface area contributed by atoms with E-state index in [1.165, 1.54) is 25.3 Å². The van der Waals surface area contributed by atoms with Crippen molar-refractivity contribution >= 4 is 45.7 Å². The monoisotopic (exact) mass is 469 g/mol. The zero-order valence-electron chi connectivity index (χ0n) is 18.4. The number of benzene rings is 3. The fraction of sp³-hybridized carbons (Fsp3) is 0.217. The van der Waals surface area contributed by atoms with Crippen molar-refractivity contribution in [2.75, 3.05) is 30.4 Å². The number of nitrogens with zero attached hydrogens (tertiary/aromatic N) is 4. The van der Waals surface area contributed by atoms with Gasteiger partial charge in [-0.05, 0) is 50.2 Å². The maximum atomic E-state index is 11.3. The summed E-state index contributed by atoms with van der Waals surface area (Å²) in [5.74, 6) is 0.579. The van der Waals surface area contributed by atoms with Gasteiger partial charge in [0.2, 0.25) is 0 Å². The molecule has 0 aliphatic carbocycles. The number of nitro benzene ring substituents is 1. The van der Waals surface area contributed by atoms with Gasteiger partial charge in [0.05, 0.1) is 17.7 Å². The lowest BCUT2D eigenvalue weighted by Gasteiger charge is -2.22. The molecule has 0 saturated heterocycles. The van der Waals surface area contributed by atoms with E-state index in [2.05, 4.69) is 20.4 Å². The summed E-state index contributed by atoms with van der Waals surface area (Å²) in [6.45, 7) is 5.55. The van der Waals surface area contributed by atoms with Crippen LogP contribution in [0.4, 0.5) is 34.1 Å². The quantitative estimate of drug-likeness (QED) is 0.199. The first-order valence-corrected chi connectivity index (χ1v) is 10.6. The molecule has 0 atom stereocenters. The molecule has 0 radical (unpaired) electrons. The van der Waals surface area contributed by atoms with Crippen molar-refractivity contribution in [2.45, 2.75) is 13.8 Å². The number of hydrogen-bond acceptors (Lipinski definition) is 8. The summed E-state index contributed by atoms with van der Waals surface area (Å²) >= 11 is 6.00. The van der Waals surface area contributed by atoms with E-state index >= 15 is 0 Å². The molecular weight excluding hydrogens is 446 g/mol. The Morgan fingerprint density at radius 1 is 1.06 bits per heavy atom. The van der Waals surface area contributed by atoms with Crippen LogP contribution in [0.3, 0.4) is 0 Å². The van der Waals surface area contributed by atoms with Gasteiger partial charge in [0, 0.05) is 42.0 Å². The van der Waals surface area contributed by atoms with Crippen LogP contribution in [0.2, 0.25) is 5.02 Å². The molecule has 0 heterocycles. The van der Waals surface area contributed by atoms with E-state index in [1.807, 2.05) is 13.8 Å². The van der Waals surface area contributed by atoms with E-state index < -0.39 is 4.92 Å². The van der Waals surface area contributed by atoms with Crippen LogP contribution in [0, 0.1) is 10.1 Å². The lowest BCUT2D eigenvalue weighted by molar-refractivity contribution is -0.383. The van der Waals surface area contributed by atoms with Gasteiger partial charge in [0.15, 0.2) is 0 Å². The lowest BCUT2D eigenvalue weighted by atomic mass is 10.2. The molecule has 0 saturated carbocycles. The number of aromatic hydroxyl groups is 1. The number of anilines is 3. The third-order valence-electron chi connectivity index (χ3n) is 4.94. The summed E-state index contributed by atoms with van der Waals surface area (Å²) in [4.78, 5) is 12.9. The first kappa shape index (κ1) is 23.8. The fourth-order valence-corrected chi connectivity index (χ4v) is 3.45. The molecule has 0 aliphatic rings. The van der Waals surface area contributed by atoms with Gasteiger partial charge >= 0.3 is 0 Å². The van der Waals surface area contributed by atoms with Crippen molar-refractivity contribution in [3.8, 4) is 11.5 Å². The summed E-state index contributed by atoms with van der Waals surface area (Å²) in [6, 6.07) is 14.3. The molecule has 0 unspecified atom stereocenters.